The lowest BCUT2D eigenvalue weighted by molar-refractivity contribution is -0.153. The third kappa shape index (κ3) is 4.38. The third-order valence-corrected chi connectivity index (χ3v) is 4.72. The first-order chi connectivity index (χ1) is 10.1. The highest BCUT2D eigenvalue weighted by Crippen LogP contribution is 2.23. The standard InChI is InChI=1S/C15H18ClNO3S/c1-20-15(19)13-4-2-3-9-17(13)14(18)10-21-12-7-5-11(16)6-8-12/h5-8,13H,2-4,9-10H2,1H3/t13-/m1/s1. The van der Waals surface area contributed by atoms with Crippen molar-refractivity contribution >= 4 is 35.2 Å². The number of halogens is 1. The predicted octanol–water partition coefficient (Wildman–Crippen LogP) is 2.99. The molecule has 1 heterocycles. The van der Waals surface area contributed by atoms with Crippen LogP contribution in [-0.2, 0) is 14.3 Å². The molecule has 1 aromatic carbocycles. The predicted molar refractivity (Wildman–Crippen MR) is 83.5 cm³/mol. The smallest absolute Gasteiger partial charge is 0.328 e. The summed E-state index contributed by atoms with van der Waals surface area (Å²) in [6.45, 7) is 0.625. The van der Waals surface area contributed by atoms with E-state index >= 15 is 0 Å². The van der Waals surface area contributed by atoms with Gasteiger partial charge in [0, 0.05) is 16.5 Å². The monoisotopic (exact) mass is 327 g/mol. The molecular weight excluding hydrogens is 310 g/mol. The van der Waals surface area contributed by atoms with Crippen molar-refractivity contribution in [2.45, 2.75) is 30.2 Å². The summed E-state index contributed by atoms with van der Waals surface area (Å²) in [4.78, 5) is 26.7. The number of ether oxygens (including phenoxy) is 1. The molecule has 0 unspecified atom stereocenters. The van der Waals surface area contributed by atoms with Crippen molar-refractivity contribution in [3.63, 3.8) is 0 Å². The van der Waals surface area contributed by atoms with E-state index in [-0.39, 0.29) is 11.9 Å². The Labute approximate surface area is 133 Å². The van der Waals surface area contributed by atoms with Gasteiger partial charge in [0.15, 0.2) is 0 Å². The van der Waals surface area contributed by atoms with Gasteiger partial charge in [0.2, 0.25) is 5.91 Å². The van der Waals surface area contributed by atoms with E-state index in [1.165, 1.54) is 18.9 Å². The maximum Gasteiger partial charge on any atom is 0.328 e. The maximum atomic E-state index is 12.3. The molecule has 1 atom stereocenters. The summed E-state index contributed by atoms with van der Waals surface area (Å²) in [5.41, 5.74) is 0. The molecule has 0 saturated carbocycles. The number of esters is 1. The molecule has 21 heavy (non-hydrogen) atoms. The zero-order valence-corrected chi connectivity index (χ0v) is 13.5. The third-order valence-electron chi connectivity index (χ3n) is 3.47. The molecule has 4 nitrogen and oxygen atoms in total. The second kappa shape index (κ2) is 7.71. The summed E-state index contributed by atoms with van der Waals surface area (Å²) in [7, 11) is 1.36. The molecule has 1 amide bonds. The summed E-state index contributed by atoms with van der Waals surface area (Å²) in [5, 5.41) is 0.674. The average Bonchev–Trinajstić information content (AvgIpc) is 2.53. The molecule has 114 valence electrons. The Balaban J connectivity index is 1.94. The van der Waals surface area contributed by atoms with Gasteiger partial charge in [-0.1, -0.05) is 11.6 Å². The van der Waals surface area contributed by atoms with Crippen LogP contribution < -0.4 is 0 Å². The van der Waals surface area contributed by atoms with Crippen LogP contribution in [0.3, 0.4) is 0 Å². The number of likely N-dealkylation sites (tertiary alicyclic amines) is 1. The van der Waals surface area contributed by atoms with Crippen LogP contribution in [0.4, 0.5) is 0 Å². The van der Waals surface area contributed by atoms with E-state index in [1.807, 2.05) is 12.1 Å². The van der Waals surface area contributed by atoms with Crippen molar-refractivity contribution < 1.29 is 14.3 Å². The molecule has 0 aromatic heterocycles. The van der Waals surface area contributed by atoms with Crippen LogP contribution in [0.2, 0.25) is 5.02 Å². The van der Waals surface area contributed by atoms with Gasteiger partial charge in [0.25, 0.3) is 0 Å². The van der Waals surface area contributed by atoms with Crippen LogP contribution in [-0.4, -0.2) is 42.2 Å². The van der Waals surface area contributed by atoms with Crippen LogP contribution >= 0.6 is 23.4 Å². The number of methoxy groups -OCH3 is 1. The van der Waals surface area contributed by atoms with E-state index < -0.39 is 6.04 Å². The number of piperidine rings is 1. The molecule has 1 aromatic rings. The van der Waals surface area contributed by atoms with Crippen molar-refractivity contribution in [3.05, 3.63) is 29.3 Å². The van der Waals surface area contributed by atoms with Gasteiger partial charge in [-0.3, -0.25) is 4.79 Å². The van der Waals surface area contributed by atoms with Crippen molar-refractivity contribution in [1.82, 2.24) is 4.90 Å². The lowest BCUT2D eigenvalue weighted by atomic mass is 10.0. The molecule has 0 aliphatic carbocycles. The van der Waals surface area contributed by atoms with Gasteiger partial charge in [0.05, 0.1) is 12.9 Å². The molecule has 1 fully saturated rings. The first-order valence-electron chi connectivity index (χ1n) is 6.87. The zero-order chi connectivity index (χ0) is 15.2. The summed E-state index contributed by atoms with van der Waals surface area (Å²) in [6.07, 6.45) is 2.57. The largest absolute Gasteiger partial charge is 0.467 e. The topological polar surface area (TPSA) is 46.6 Å². The lowest BCUT2D eigenvalue weighted by Gasteiger charge is -2.33. The first-order valence-corrected chi connectivity index (χ1v) is 8.24. The van der Waals surface area contributed by atoms with Crippen LogP contribution in [0.1, 0.15) is 19.3 Å². The van der Waals surface area contributed by atoms with Gasteiger partial charge >= 0.3 is 5.97 Å². The molecule has 1 aliphatic heterocycles. The van der Waals surface area contributed by atoms with Crippen molar-refractivity contribution in [3.8, 4) is 0 Å². The minimum atomic E-state index is -0.429. The fourth-order valence-electron chi connectivity index (χ4n) is 2.37. The SMILES string of the molecule is COC(=O)[C@H]1CCCCN1C(=O)CSc1ccc(Cl)cc1. The Morgan fingerprint density at radius 3 is 2.71 bits per heavy atom. The lowest BCUT2D eigenvalue weighted by Crippen LogP contribution is -2.49. The molecule has 0 spiro atoms. The number of rotatable bonds is 4. The van der Waals surface area contributed by atoms with E-state index in [4.69, 9.17) is 16.3 Å². The molecule has 0 radical (unpaired) electrons. The van der Waals surface area contributed by atoms with E-state index in [0.29, 0.717) is 23.7 Å². The van der Waals surface area contributed by atoms with Crippen molar-refractivity contribution in [2.24, 2.45) is 0 Å². The van der Waals surface area contributed by atoms with Crippen LogP contribution in [0.5, 0.6) is 0 Å². The number of amides is 1. The number of carbonyl (C=O) groups excluding carboxylic acids is 2. The molecule has 1 saturated heterocycles. The van der Waals surface area contributed by atoms with Gasteiger partial charge in [-0.25, -0.2) is 4.79 Å². The summed E-state index contributed by atoms with van der Waals surface area (Å²) in [6, 6.07) is 6.93. The Hall–Kier alpha value is -1.20. The second-order valence-corrected chi connectivity index (χ2v) is 6.35. The van der Waals surface area contributed by atoms with Crippen LogP contribution in [0, 0.1) is 0 Å². The Kier molecular flexibility index (Phi) is 5.94. The second-order valence-electron chi connectivity index (χ2n) is 4.86. The fourth-order valence-corrected chi connectivity index (χ4v) is 3.28. The molecule has 2 rings (SSSR count). The van der Waals surface area contributed by atoms with Crippen molar-refractivity contribution in [1.29, 1.82) is 0 Å². The Morgan fingerprint density at radius 2 is 2.05 bits per heavy atom. The minimum absolute atomic E-state index is 0.0231. The van der Waals surface area contributed by atoms with E-state index in [1.54, 1.807) is 17.0 Å². The van der Waals surface area contributed by atoms with E-state index in [2.05, 4.69) is 0 Å². The zero-order valence-electron chi connectivity index (χ0n) is 11.9. The summed E-state index contributed by atoms with van der Waals surface area (Å²) < 4.78 is 4.79. The van der Waals surface area contributed by atoms with Gasteiger partial charge in [-0.15, -0.1) is 11.8 Å². The molecule has 6 heteroatoms. The van der Waals surface area contributed by atoms with E-state index in [0.717, 1.165) is 17.7 Å². The highest BCUT2D eigenvalue weighted by Gasteiger charge is 2.32. The fraction of sp³-hybridized carbons (Fsp3) is 0.467. The number of benzene rings is 1. The number of hydrogen-bond donors (Lipinski definition) is 0. The minimum Gasteiger partial charge on any atom is -0.467 e. The highest BCUT2D eigenvalue weighted by atomic mass is 35.5. The van der Waals surface area contributed by atoms with Crippen molar-refractivity contribution in [2.75, 3.05) is 19.4 Å². The van der Waals surface area contributed by atoms with Gasteiger partial charge in [-0.05, 0) is 43.5 Å². The Bertz CT molecular complexity index is 506. The number of thioether (sulfide) groups is 1. The van der Waals surface area contributed by atoms with Gasteiger partial charge in [0.1, 0.15) is 6.04 Å². The number of hydrogen-bond acceptors (Lipinski definition) is 4. The molecule has 1 aliphatic rings. The molecular formula is C15H18ClNO3S. The van der Waals surface area contributed by atoms with Crippen LogP contribution in [0.25, 0.3) is 0 Å². The summed E-state index contributed by atoms with van der Waals surface area (Å²) >= 11 is 7.28. The van der Waals surface area contributed by atoms with Gasteiger partial charge < -0.3 is 9.64 Å². The highest BCUT2D eigenvalue weighted by molar-refractivity contribution is 8.00. The normalized spacial score (nSPS) is 18.4. The Morgan fingerprint density at radius 1 is 1.33 bits per heavy atom. The molecule has 0 bridgehead atoms. The first kappa shape index (κ1) is 16.2. The quantitative estimate of drug-likeness (QED) is 0.630. The number of nitrogens with zero attached hydrogens (tertiary/aromatic N) is 1. The van der Waals surface area contributed by atoms with E-state index in [9.17, 15) is 9.59 Å². The average molecular weight is 328 g/mol. The van der Waals surface area contributed by atoms with Crippen LogP contribution in [0.15, 0.2) is 29.2 Å². The van der Waals surface area contributed by atoms with Gasteiger partial charge in [-0.2, -0.15) is 0 Å². The summed E-state index contributed by atoms with van der Waals surface area (Å²) in [5.74, 6) is -0.0284. The maximum absolute atomic E-state index is 12.3. The molecule has 0 N–H and O–H groups in total. The number of carbonyl (C=O) groups is 2.